The van der Waals surface area contributed by atoms with E-state index in [9.17, 15) is 4.79 Å². The molecule has 1 aromatic carbocycles. The number of aromatic nitrogens is 1. The van der Waals surface area contributed by atoms with E-state index in [1.54, 1.807) is 6.20 Å². The molecule has 0 bridgehead atoms. The van der Waals surface area contributed by atoms with Crippen LogP contribution in [-0.4, -0.2) is 42.0 Å². The average molecular weight is 310 g/mol. The number of anilines is 1. The molecule has 1 saturated heterocycles. The standard InChI is InChI=1S/C18H22N4O/c1-14-4-3-7-20-17(14)21-18(23)16-6-2-5-15(12-16)13-22-10-8-19-9-11-22/h2-7,12,19H,8-11,13H2,1H3,(H,20,21,23). The smallest absolute Gasteiger partial charge is 0.256 e. The van der Waals surface area contributed by atoms with Crippen LogP contribution in [0.1, 0.15) is 21.5 Å². The zero-order chi connectivity index (χ0) is 16.1. The molecule has 0 radical (unpaired) electrons. The quantitative estimate of drug-likeness (QED) is 0.907. The fourth-order valence-corrected chi connectivity index (χ4v) is 2.73. The average Bonchev–Trinajstić information content (AvgIpc) is 2.58. The summed E-state index contributed by atoms with van der Waals surface area (Å²) in [5.41, 5.74) is 2.79. The van der Waals surface area contributed by atoms with Crippen molar-refractivity contribution < 1.29 is 4.79 Å². The maximum atomic E-state index is 12.4. The lowest BCUT2D eigenvalue weighted by molar-refractivity contribution is 0.102. The molecule has 3 rings (SSSR count). The molecule has 5 nitrogen and oxygen atoms in total. The van der Waals surface area contributed by atoms with E-state index in [4.69, 9.17) is 0 Å². The Hall–Kier alpha value is -2.24. The zero-order valence-electron chi connectivity index (χ0n) is 13.4. The van der Waals surface area contributed by atoms with Gasteiger partial charge in [-0.15, -0.1) is 0 Å². The highest BCUT2D eigenvalue weighted by atomic mass is 16.1. The first kappa shape index (κ1) is 15.6. The molecule has 1 aliphatic rings. The van der Waals surface area contributed by atoms with Crippen molar-refractivity contribution >= 4 is 11.7 Å². The number of piperazine rings is 1. The van der Waals surface area contributed by atoms with Crippen molar-refractivity contribution in [1.82, 2.24) is 15.2 Å². The monoisotopic (exact) mass is 310 g/mol. The van der Waals surface area contributed by atoms with Gasteiger partial charge in [0.15, 0.2) is 0 Å². The van der Waals surface area contributed by atoms with Gasteiger partial charge in [0.2, 0.25) is 0 Å². The Labute approximate surface area is 136 Å². The SMILES string of the molecule is Cc1cccnc1NC(=O)c1cccc(CN2CCNCC2)c1. The Balaban J connectivity index is 1.69. The van der Waals surface area contributed by atoms with E-state index in [0.29, 0.717) is 11.4 Å². The minimum atomic E-state index is -0.117. The van der Waals surface area contributed by atoms with Crippen molar-refractivity contribution in [2.45, 2.75) is 13.5 Å². The Kier molecular flexibility index (Phi) is 5.00. The molecule has 2 heterocycles. The van der Waals surface area contributed by atoms with Gasteiger partial charge in [-0.1, -0.05) is 18.2 Å². The summed E-state index contributed by atoms with van der Waals surface area (Å²) in [6.45, 7) is 6.96. The molecule has 23 heavy (non-hydrogen) atoms. The summed E-state index contributed by atoms with van der Waals surface area (Å²) >= 11 is 0. The molecule has 120 valence electrons. The lowest BCUT2D eigenvalue weighted by Gasteiger charge is -2.27. The number of nitrogens with one attached hydrogen (secondary N) is 2. The molecule has 0 unspecified atom stereocenters. The topological polar surface area (TPSA) is 57.3 Å². The summed E-state index contributed by atoms with van der Waals surface area (Å²) in [7, 11) is 0. The maximum Gasteiger partial charge on any atom is 0.256 e. The van der Waals surface area contributed by atoms with Gasteiger partial charge in [0.25, 0.3) is 5.91 Å². The third-order valence-electron chi connectivity index (χ3n) is 4.05. The predicted octanol–water partition coefficient (Wildman–Crippen LogP) is 2.05. The fraction of sp³-hybridized carbons (Fsp3) is 0.333. The molecule has 0 aliphatic carbocycles. The molecule has 2 aromatic rings. The number of hydrogen-bond donors (Lipinski definition) is 2. The predicted molar refractivity (Wildman–Crippen MR) is 91.5 cm³/mol. The van der Waals surface area contributed by atoms with E-state index < -0.39 is 0 Å². The molecule has 0 saturated carbocycles. The van der Waals surface area contributed by atoms with E-state index in [2.05, 4.69) is 26.6 Å². The van der Waals surface area contributed by atoms with E-state index in [1.807, 2.05) is 37.3 Å². The summed E-state index contributed by atoms with van der Waals surface area (Å²) in [5.74, 6) is 0.499. The third-order valence-corrected chi connectivity index (χ3v) is 4.05. The largest absolute Gasteiger partial charge is 0.314 e. The first-order valence-electron chi connectivity index (χ1n) is 7.97. The summed E-state index contributed by atoms with van der Waals surface area (Å²) in [6, 6.07) is 11.6. The number of hydrogen-bond acceptors (Lipinski definition) is 4. The molecule has 1 amide bonds. The van der Waals surface area contributed by atoms with E-state index in [0.717, 1.165) is 43.9 Å². The minimum Gasteiger partial charge on any atom is -0.314 e. The number of pyridine rings is 1. The molecule has 5 heteroatoms. The molecule has 0 atom stereocenters. The highest BCUT2D eigenvalue weighted by molar-refractivity contribution is 6.04. The highest BCUT2D eigenvalue weighted by Crippen LogP contribution is 2.13. The number of rotatable bonds is 4. The number of amides is 1. The van der Waals surface area contributed by atoms with E-state index in [1.165, 1.54) is 0 Å². The summed E-state index contributed by atoms with van der Waals surface area (Å²) in [6.07, 6.45) is 1.68. The van der Waals surface area contributed by atoms with Crippen LogP contribution in [0.15, 0.2) is 42.6 Å². The Morgan fingerprint density at radius 2 is 2.09 bits per heavy atom. The second-order valence-electron chi connectivity index (χ2n) is 5.85. The van der Waals surface area contributed by atoms with E-state index in [-0.39, 0.29) is 5.91 Å². The van der Waals surface area contributed by atoms with E-state index >= 15 is 0 Å². The van der Waals surface area contributed by atoms with Gasteiger partial charge in [0.1, 0.15) is 5.82 Å². The van der Waals surface area contributed by atoms with Crippen LogP contribution in [-0.2, 0) is 6.54 Å². The summed E-state index contributed by atoms with van der Waals surface area (Å²) in [4.78, 5) is 19.0. The number of carbonyl (C=O) groups is 1. The summed E-state index contributed by atoms with van der Waals surface area (Å²) in [5, 5.41) is 6.23. The summed E-state index contributed by atoms with van der Waals surface area (Å²) < 4.78 is 0. The van der Waals surface area contributed by atoms with Gasteiger partial charge in [-0.05, 0) is 36.2 Å². The van der Waals surface area contributed by atoms with Crippen molar-refractivity contribution in [3.8, 4) is 0 Å². The van der Waals surface area contributed by atoms with Gasteiger partial charge in [-0.25, -0.2) is 4.98 Å². The van der Waals surface area contributed by atoms with Gasteiger partial charge < -0.3 is 10.6 Å². The molecule has 2 N–H and O–H groups in total. The molecular weight excluding hydrogens is 288 g/mol. The Morgan fingerprint density at radius 1 is 1.26 bits per heavy atom. The fourth-order valence-electron chi connectivity index (χ4n) is 2.73. The molecule has 1 aromatic heterocycles. The highest BCUT2D eigenvalue weighted by Gasteiger charge is 2.12. The van der Waals surface area contributed by atoms with Crippen LogP contribution in [0.5, 0.6) is 0 Å². The van der Waals surface area contributed by atoms with Crippen LogP contribution >= 0.6 is 0 Å². The van der Waals surface area contributed by atoms with Crippen LogP contribution in [0.3, 0.4) is 0 Å². The molecule has 1 fully saturated rings. The number of benzene rings is 1. The van der Waals surface area contributed by atoms with Gasteiger partial charge >= 0.3 is 0 Å². The second kappa shape index (κ2) is 7.35. The van der Waals surface area contributed by atoms with Gasteiger partial charge in [0.05, 0.1) is 0 Å². The first-order chi connectivity index (χ1) is 11.2. The Morgan fingerprint density at radius 3 is 2.87 bits per heavy atom. The third kappa shape index (κ3) is 4.15. The number of carbonyl (C=O) groups excluding carboxylic acids is 1. The van der Waals surface area contributed by atoms with Crippen molar-refractivity contribution in [3.05, 3.63) is 59.3 Å². The van der Waals surface area contributed by atoms with Crippen molar-refractivity contribution in [1.29, 1.82) is 0 Å². The van der Waals surface area contributed by atoms with Crippen LogP contribution in [0.25, 0.3) is 0 Å². The maximum absolute atomic E-state index is 12.4. The van der Waals surface area contributed by atoms with Crippen molar-refractivity contribution in [2.75, 3.05) is 31.5 Å². The lowest BCUT2D eigenvalue weighted by Crippen LogP contribution is -2.42. The zero-order valence-corrected chi connectivity index (χ0v) is 13.4. The van der Waals surface area contributed by atoms with Crippen molar-refractivity contribution in [3.63, 3.8) is 0 Å². The minimum absolute atomic E-state index is 0.117. The van der Waals surface area contributed by atoms with Gasteiger partial charge in [0, 0.05) is 44.5 Å². The first-order valence-corrected chi connectivity index (χ1v) is 7.97. The van der Waals surface area contributed by atoms with Crippen LogP contribution < -0.4 is 10.6 Å². The number of nitrogens with zero attached hydrogens (tertiary/aromatic N) is 2. The van der Waals surface area contributed by atoms with Gasteiger partial charge in [-0.2, -0.15) is 0 Å². The van der Waals surface area contributed by atoms with Crippen LogP contribution in [0, 0.1) is 6.92 Å². The second-order valence-corrected chi connectivity index (χ2v) is 5.85. The van der Waals surface area contributed by atoms with Crippen LogP contribution in [0.2, 0.25) is 0 Å². The van der Waals surface area contributed by atoms with Gasteiger partial charge in [-0.3, -0.25) is 9.69 Å². The lowest BCUT2D eigenvalue weighted by atomic mass is 10.1. The molecular formula is C18H22N4O. The van der Waals surface area contributed by atoms with Crippen molar-refractivity contribution in [2.24, 2.45) is 0 Å². The van der Waals surface area contributed by atoms with Crippen LogP contribution in [0.4, 0.5) is 5.82 Å². The Bertz CT molecular complexity index is 680. The molecule has 1 aliphatic heterocycles. The normalized spacial score (nSPS) is 15.3. The number of aryl methyl sites for hydroxylation is 1. The molecule has 0 spiro atoms.